The minimum Gasteiger partial charge on any atom is -0.270 e. The summed E-state index contributed by atoms with van der Waals surface area (Å²) in [5.41, 5.74) is 2.96. The molecule has 0 saturated heterocycles. The second-order valence-corrected chi connectivity index (χ2v) is 5.54. The van der Waals surface area contributed by atoms with E-state index in [0.717, 1.165) is 10.7 Å². The standard InChI is InChI=1S/C10H8BrF3N4S/c11-5-1-2-6(16-3-5)8(18-15)7-4-17-9(19-7)10(12,13)14/h1-4,8,18H,15H2. The Hall–Kier alpha value is -1.03. The highest BCUT2D eigenvalue weighted by molar-refractivity contribution is 9.10. The fourth-order valence-corrected chi connectivity index (χ4v) is 2.51. The number of nitrogens with two attached hydrogens (primary N) is 1. The van der Waals surface area contributed by atoms with Gasteiger partial charge in [0.1, 0.15) is 0 Å². The Morgan fingerprint density at radius 2 is 2.00 bits per heavy atom. The van der Waals surface area contributed by atoms with Crippen molar-refractivity contribution < 1.29 is 13.2 Å². The zero-order valence-electron chi connectivity index (χ0n) is 9.28. The van der Waals surface area contributed by atoms with Gasteiger partial charge in [-0.25, -0.2) is 10.4 Å². The zero-order valence-corrected chi connectivity index (χ0v) is 11.7. The number of nitrogens with one attached hydrogen (secondary N) is 1. The van der Waals surface area contributed by atoms with Crippen LogP contribution in [0.2, 0.25) is 0 Å². The van der Waals surface area contributed by atoms with Crippen LogP contribution in [-0.2, 0) is 6.18 Å². The van der Waals surface area contributed by atoms with Gasteiger partial charge in [-0.1, -0.05) is 0 Å². The third-order valence-electron chi connectivity index (χ3n) is 2.26. The molecule has 0 bridgehead atoms. The summed E-state index contributed by atoms with van der Waals surface area (Å²) in [4.78, 5) is 7.82. The lowest BCUT2D eigenvalue weighted by Gasteiger charge is -2.12. The maximum absolute atomic E-state index is 12.5. The first-order chi connectivity index (χ1) is 8.91. The van der Waals surface area contributed by atoms with Crippen molar-refractivity contribution in [2.24, 2.45) is 5.84 Å². The molecule has 3 N–H and O–H groups in total. The molecule has 0 aliphatic heterocycles. The van der Waals surface area contributed by atoms with Crippen LogP contribution in [0.4, 0.5) is 13.2 Å². The number of thiazole rings is 1. The Morgan fingerprint density at radius 3 is 2.47 bits per heavy atom. The normalized spacial score (nSPS) is 13.5. The molecule has 2 heterocycles. The van der Waals surface area contributed by atoms with E-state index in [2.05, 4.69) is 31.3 Å². The van der Waals surface area contributed by atoms with Crippen molar-refractivity contribution in [2.75, 3.05) is 0 Å². The lowest BCUT2D eigenvalue weighted by Crippen LogP contribution is -2.28. The monoisotopic (exact) mass is 352 g/mol. The third kappa shape index (κ3) is 3.30. The first-order valence-corrected chi connectivity index (χ1v) is 6.63. The summed E-state index contributed by atoms with van der Waals surface area (Å²) in [5.74, 6) is 5.39. The minimum absolute atomic E-state index is 0.352. The van der Waals surface area contributed by atoms with Crippen LogP contribution in [-0.4, -0.2) is 9.97 Å². The van der Waals surface area contributed by atoms with E-state index in [-0.39, 0.29) is 0 Å². The molecule has 0 saturated carbocycles. The van der Waals surface area contributed by atoms with Gasteiger partial charge in [-0.3, -0.25) is 10.8 Å². The van der Waals surface area contributed by atoms with E-state index in [0.29, 0.717) is 21.9 Å². The fraction of sp³-hybridized carbons (Fsp3) is 0.200. The SMILES string of the molecule is NNC(c1ccc(Br)cn1)c1cnc(C(F)(F)F)s1. The smallest absolute Gasteiger partial charge is 0.270 e. The number of hydrazine groups is 1. The van der Waals surface area contributed by atoms with Gasteiger partial charge in [0.15, 0.2) is 5.01 Å². The van der Waals surface area contributed by atoms with Crippen LogP contribution in [0, 0.1) is 0 Å². The lowest BCUT2D eigenvalue weighted by molar-refractivity contribution is -0.137. The molecule has 102 valence electrons. The molecule has 0 radical (unpaired) electrons. The van der Waals surface area contributed by atoms with Crippen molar-refractivity contribution in [1.82, 2.24) is 15.4 Å². The van der Waals surface area contributed by atoms with Crippen LogP contribution in [0.3, 0.4) is 0 Å². The second kappa shape index (κ2) is 5.53. The van der Waals surface area contributed by atoms with Crippen LogP contribution in [0.25, 0.3) is 0 Å². The van der Waals surface area contributed by atoms with Crippen LogP contribution >= 0.6 is 27.3 Å². The Morgan fingerprint density at radius 1 is 1.26 bits per heavy atom. The molecular formula is C10H8BrF3N4S. The van der Waals surface area contributed by atoms with Crippen LogP contribution in [0.15, 0.2) is 29.0 Å². The first-order valence-electron chi connectivity index (χ1n) is 5.02. The third-order valence-corrected chi connectivity index (χ3v) is 3.84. The van der Waals surface area contributed by atoms with E-state index in [1.54, 1.807) is 18.3 Å². The number of rotatable bonds is 3. The molecule has 0 aliphatic rings. The molecule has 1 unspecified atom stereocenters. The van der Waals surface area contributed by atoms with Crippen molar-refractivity contribution in [3.63, 3.8) is 0 Å². The van der Waals surface area contributed by atoms with Crippen molar-refractivity contribution in [3.05, 3.63) is 44.6 Å². The summed E-state index contributed by atoms with van der Waals surface area (Å²) in [7, 11) is 0. The number of aromatic nitrogens is 2. The van der Waals surface area contributed by atoms with Gasteiger partial charge in [-0.15, -0.1) is 11.3 Å². The van der Waals surface area contributed by atoms with Gasteiger partial charge in [0.2, 0.25) is 0 Å². The molecule has 4 nitrogen and oxygen atoms in total. The molecule has 0 aliphatic carbocycles. The fourth-order valence-electron chi connectivity index (χ4n) is 1.42. The highest BCUT2D eigenvalue weighted by atomic mass is 79.9. The van der Waals surface area contributed by atoms with E-state index in [1.807, 2.05) is 0 Å². The molecule has 0 aromatic carbocycles. The van der Waals surface area contributed by atoms with E-state index >= 15 is 0 Å². The van der Waals surface area contributed by atoms with Gasteiger partial charge in [-0.2, -0.15) is 13.2 Å². The molecule has 0 fully saturated rings. The maximum Gasteiger partial charge on any atom is 0.443 e. The van der Waals surface area contributed by atoms with Gasteiger partial charge in [0.05, 0.1) is 11.7 Å². The van der Waals surface area contributed by atoms with E-state index in [9.17, 15) is 13.2 Å². The Bertz CT molecular complexity index is 555. The summed E-state index contributed by atoms with van der Waals surface area (Å²) in [6.45, 7) is 0. The number of halogens is 4. The lowest BCUT2D eigenvalue weighted by atomic mass is 10.2. The maximum atomic E-state index is 12.5. The molecule has 19 heavy (non-hydrogen) atoms. The zero-order chi connectivity index (χ0) is 14.0. The minimum atomic E-state index is -4.45. The Balaban J connectivity index is 2.32. The molecule has 0 amide bonds. The van der Waals surface area contributed by atoms with Crippen molar-refractivity contribution in [2.45, 2.75) is 12.2 Å². The highest BCUT2D eigenvalue weighted by Crippen LogP contribution is 2.35. The van der Waals surface area contributed by atoms with E-state index in [4.69, 9.17) is 5.84 Å². The molecule has 9 heteroatoms. The second-order valence-electron chi connectivity index (χ2n) is 3.57. The summed E-state index contributed by atoms with van der Waals surface area (Å²) in [6, 6.07) is 2.78. The average Bonchev–Trinajstić information content (AvgIpc) is 2.82. The van der Waals surface area contributed by atoms with Crippen molar-refractivity contribution in [3.8, 4) is 0 Å². The largest absolute Gasteiger partial charge is 0.443 e. The number of pyridine rings is 1. The molecule has 2 aromatic rings. The van der Waals surface area contributed by atoms with Gasteiger partial charge in [0, 0.05) is 21.7 Å². The van der Waals surface area contributed by atoms with Gasteiger partial charge in [-0.05, 0) is 28.1 Å². The molecule has 1 atom stereocenters. The molecule has 2 rings (SSSR count). The van der Waals surface area contributed by atoms with Crippen LogP contribution < -0.4 is 11.3 Å². The van der Waals surface area contributed by atoms with Crippen molar-refractivity contribution >= 4 is 27.3 Å². The summed E-state index contributed by atoms with van der Waals surface area (Å²) < 4.78 is 38.3. The number of hydrogen-bond acceptors (Lipinski definition) is 5. The van der Waals surface area contributed by atoms with E-state index in [1.165, 1.54) is 0 Å². The average molecular weight is 353 g/mol. The predicted octanol–water partition coefficient (Wildman–Crippen LogP) is 2.87. The van der Waals surface area contributed by atoms with E-state index < -0.39 is 17.2 Å². The summed E-state index contributed by atoms with van der Waals surface area (Å²) >= 11 is 3.77. The number of hydrogen-bond donors (Lipinski definition) is 2. The quantitative estimate of drug-likeness (QED) is 0.658. The first kappa shape index (κ1) is 14.4. The molecule has 0 spiro atoms. The van der Waals surface area contributed by atoms with Gasteiger partial charge in [0.25, 0.3) is 0 Å². The van der Waals surface area contributed by atoms with Gasteiger partial charge >= 0.3 is 6.18 Å². The highest BCUT2D eigenvalue weighted by Gasteiger charge is 2.35. The molecular weight excluding hydrogens is 345 g/mol. The summed E-state index contributed by atoms with van der Waals surface area (Å²) in [6.07, 6.45) is -1.75. The topological polar surface area (TPSA) is 63.8 Å². The number of alkyl halides is 3. The van der Waals surface area contributed by atoms with Gasteiger partial charge < -0.3 is 0 Å². The number of nitrogens with zero attached hydrogens (tertiary/aromatic N) is 2. The van der Waals surface area contributed by atoms with Crippen LogP contribution in [0.5, 0.6) is 0 Å². The van der Waals surface area contributed by atoms with Crippen LogP contribution in [0.1, 0.15) is 21.6 Å². The molecule has 2 aromatic heterocycles. The Labute approximate surface area is 119 Å². The summed E-state index contributed by atoms with van der Waals surface area (Å²) in [5, 5.41) is -0.903. The Kier molecular flexibility index (Phi) is 4.19. The predicted molar refractivity (Wildman–Crippen MR) is 68.2 cm³/mol. The van der Waals surface area contributed by atoms with Crippen molar-refractivity contribution in [1.29, 1.82) is 0 Å².